The van der Waals surface area contributed by atoms with Gasteiger partial charge < -0.3 is 5.11 Å². The lowest BCUT2D eigenvalue weighted by molar-refractivity contribution is -0.136. The molecule has 0 fully saturated rings. The summed E-state index contributed by atoms with van der Waals surface area (Å²) in [6, 6.07) is 6.58. The molecule has 4 nitrogen and oxygen atoms in total. The molecule has 1 N–H and O–H groups in total. The standard InChI is InChI=1S/C11H14O4S/c1-8-5-3-4-6-10(8)16(14,15)9(2)7-11(12)13/h3-6,9H,7H2,1-2H3,(H,12,13). The zero-order chi connectivity index (χ0) is 12.3. The third kappa shape index (κ3) is 2.61. The molecule has 0 radical (unpaired) electrons. The highest BCUT2D eigenvalue weighted by atomic mass is 32.2. The molecule has 0 bridgehead atoms. The number of benzene rings is 1. The number of aryl methyl sites for hydroxylation is 1. The fourth-order valence-electron chi connectivity index (χ4n) is 1.45. The lowest BCUT2D eigenvalue weighted by Gasteiger charge is -2.12. The van der Waals surface area contributed by atoms with Gasteiger partial charge in [0, 0.05) is 0 Å². The van der Waals surface area contributed by atoms with Crippen molar-refractivity contribution in [3.63, 3.8) is 0 Å². The number of carboxylic acids is 1. The van der Waals surface area contributed by atoms with Crippen LogP contribution in [0.15, 0.2) is 29.2 Å². The molecule has 5 heteroatoms. The first kappa shape index (κ1) is 12.7. The number of rotatable bonds is 4. The van der Waals surface area contributed by atoms with Gasteiger partial charge in [-0.3, -0.25) is 4.79 Å². The fraction of sp³-hybridized carbons (Fsp3) is 0.364. The van der Waals surface area contributed by atoms with Crippen molar-refractivity contribution in [1.29, 1.82) is 0 Å². The highest BCUT2D eigenvalue weighted by Crippen LogP contribution is 2.21. The van der Waals surface area contributed by atoms with Crippen molar-refractivity contribution in [2.24, 2.45) is 0 Å². The van der Waals surface area contributed by atoms with E-state index in [-0.39, 0.29) is 11.3 Å². The van der Waals surface area contributed by atoms with Crippen LogP contribution in [-0.4, -0.2) is 24.7 Å². The monoisotopic (exact) mass is 242 g/mol. The quantitative estimate of drug-likeness (QED) is 0.871. The van der Waals surface area contributed by atoms with E-state index in [1.807, 2.05) is 0 Å². The molecule has 88 valence electrons. The summed E-state index contributed by atoms with van der Waals surface area (Å²) in [5.41, 5.74) is 0.639. The van der Waals surface area contributed by atoms with Gasteiger partial charge in [-0.1, -0.05) is 18.2 Å². The smallest absolute Gasteiger partial charge is 0.304 e. The average molecular weight is 242 g/mol. The van der Waals surface area contributed by atoms with Gasteiger partial charge in [0.2, 0.25) is 0 Å². The lowest BCUT2D eigenvalue weighted by atomic mass is 10.2. The fourth-order valence-corrected chi connectivity index (χ4v) is 3.03. The highest BCUT2D eigenvalue weighted by Gasteiger charge is 2.26. The summed E-state index contributed by atoms with van der Waals surface area (Å²) in [4.78, 5) is 10.7. The minimum Gasteiger partial charge on any atom is -0.481 e. The maximum absolute atomic E-state index is 12.0. The first-order valence-corrected chi connectivity index (χ1v) is 6.41. The Kier molecular flexibility index (Phi) is 3.70. The second kappa shape index (κ2) is 4.65. The maximum atomic E-state index is 12.0. The summed E-state index contributed by atoms with van der Waals surface area (Å²) in [6.45, 7) is 3.11. The van der Waals surface area contributed by atoms with E-state index < -0.39 is 21.1 Å². The van der Waals surface area contributed by atoms with Crippen LogP contribution >= 0.6 is 0 Å². The zero-order valence-electron chi connectivity index (χ0n) is 9.17. The largest absolute Gasteiger partial charge is 0.481 e. The SMILES string of the molecule is Cc1ccccc1S(=O)(=O)C(C)CC(=O)O. The van der Waals surface area contributed by atoms with Gasteiger partial charge in [-0.2, -0.15) is 0 Å². The van der Waals surface area contributed by atoms with Gasteiger partial charge in [-0.15, -0.1) is 0 Å². The molecular formula is C11H14O4S. The van der Waals surface area contributed by atoms with Crippen molar-refractivity contribution in [2.75, 3.05) is 0 Å². The molecule has 0 heterocycles. The summed E-state index contributed by atoms with van der Waals surface area (Å²) < 4.78 is 24.1. The molecule has 0 spiro atoms. The molecule has 1 aromatic carbocycles. The third-order valence-corrected chi connectivity index (χ3v) is 4.69. The van der Waals surface area contributed by atoms with E-state index in [1.54, 1.807) is 25.1 Å². The van der Waals surface area contributed by atoms with E-state index in [4.69, 9.17) is 5.11 Å². The average Bonchev–Trinajstić information content (AvgIpc) is 2.16. The van der Waals surface area contributed by atoms with Crippen LogP contribution in [0.25, 0.3) is 0 Å². The Labute approximate surface area is 94.8 Å². The Balaban J connectivity index is 3.12. The maximum Gasteiger partial charge on any atom is 0.304 e. The summed E-state index contributed by atoms with van der Waals surface area (Å²) in [7, 11) is -3.55. The highest BCUT2D eigenvalue weighted by molar-refractivity contribution is 7.92. The minimum absolute atomic E-state index is 0.212. The minimum atomic E-state index is -3.55. The van der Waals surface area contributed by atoms with Crippen molar-refractivity contribution in [3.05, 3.63) is 29.8 Å². The molecule has 1 aromatic rings. The van der Waals surface area contributed by atoms with Gasteiger partial charge >= 0.3 is 5.97 Å². The molecule has 0 saturated carbocycles. The Bertz CT molecular complexity index is 490. The molecule has 0 saturated heterocycles. The van der Waals surface area contributed by atoms with Crippen LogP contribution in [0.5, 0.6) is 0 Å². The molecular weight excluding hydrogens is 228 g/mol. The second-order valence-electron chi connectivity index (χ2n) is 3.72. The molecule has 0 aliphatic carbocycles. The van der Waals surface area contributed by atoms with Gasteiger partial charge in [0.25, 0.3) is 0 Å². The van der Waals surface area contributed by atoms with E-state index in [0.29, 0.717) is 5.56 Å². The Morgan fingerprint density at radius 3 is 2.44 bits per heavy atom. The van der Waals surface area contributed by atoms with Crippen LogP contribution in [0, 0.1) is 6.92 Å². The molecule has 1 rings (SSSR count). The van der Waals surface area contributed by atoms with Gasteiger partial charge in [0.15, 0.2) is 9.84 Å². The number of hydrogen-bond acceptors (Lipinski definition) is 3. The molecule has 1 atom stereocenters. The van der Waals surface area contributed by atoms with E-state index in [2.05, 4.69) is 0 Å². The van der Waals surface area contributed by atoms with Gasteiger partial charge in [-0.25, -0.2) is 8.42 Å². The topological polar surface area (TPSA) is 71.4 Å². The Morgan fingerprint density at radius 1 is 1.38 bits per heavy atom. The summed E-state index contributed by atoms with van der Waals surface area (Å²) in [5, 5.41) is 7.69. The Morgan fingerprint density at radius 2 is 1.94 bits per heavy atom. The van der Waals surface area contributed by atoms with E-state index in [9.17, 15) is 13.2 Å². The lowest BCUT2D eigenvalue weighted by Crippen LogP contribution is -2.22. The molecule has 1 unspecified atom stereocenters. The van der Waals surface area contributed by atoms with Crippen LogP contribution in [0.3, 0.4) is 0 Å². The third-order valence-electron chi connectivity index (χ3n) is 2.39. The van der Waals surface area contributed by atoms with Gasteiger partial charge in [0.05, 0.1) is 16.6 Å². The second-order valence-corrected chi connectivity index (χ2v) is 6.05. The number of hydrogen-bond donors (Lipinski definition) is 1. The normalized spacial score (nSPS) is 13.4. The van der Waals surface area contributed by atoms with Crippen molar-refractivity contribution in [1.82, 2.24) is 0 Å². The van der Waals surface area contributed by atoms with Crippen molar-refractivity contribution < 1.29 is 18.3 Å². The summed E-state index contributed by atoms with van der Waals surface area (Å²) >= 11 is 0. The van der Waals surface area contributed by atoms with Crippen molar-refractivity contribution in [3.8, 4) is 0 Å². The zero-order valence-corrected chi connectivity index (χ0v) is 9.99. The first-order valence-electron chi connectivity index (χ1n) is 4.87. The van der Waals surface area contributed by atoms with Crippen LogP contribution in [0.1, 0.15) is 18.9 Å². The van der Waals surface area contributed by atoms with E-state index >= 15 is 0 Å². The van der Waals surface area contributed by atoms with Crippen molar-refractivity contribution >= 4 is 15.8 Å². The van der Waals surface area contributed by atoms with Crippen LogP contribution in [-0.2, 0) is 14.6 Å². The number of carboxylic acid groups (broad SMARTS) is 1. The molecule has 16 heavy (non-hydrogen) atoms. The van der Waals surface area contributed by atoms with Crippen LogP contribution in [0.2, 0.25) is 0 Å². The van der Waals surface area contributed by atoms with Crippen LogP contribution in [0.4, 0.5) is 0 Å². The van der Waals surface area contributed by atoms with Gasteiger partial charge in [0.1, 0.15) is 0 Å². The van der Waals surface area contributed by atoms with Crippen LogP contribution < -0.4 is 0 Å². The predicted molar refractivity (Wildman–Crippen MR) is 60.1 cm³/mol. The van der Waals surface area contributed by atoms with E-state index in [1.165, 1.54) is 13.0 Å². The van der Waals surface area contributed by atoms with Gasteiger partial charge in [-0.05, 0) is 25.5 Å². The van der Waals surface area contributed by atoms with Crippen molar-refractivity contribution in [2.45, 2.75) is 30.4 Å². The predicted octanol–water partition coefficient (Wildman–Crippen LogP) is 1.63. The molecule has 0 aliphatic rings. The first-order chi connectivity index (χ1) is 7.35. The number of aliphatic carboxylic acids is 1. The van der Waals surface area contributed by atoms with E-state index in [0.717, 1.165) is 0 Å². The molecule has 0 aliphatic heterocycles. The molecule has 0 amide bonds. The molecule has 0 aromatic heterocycles. The number of carbonyl (C=O) groups is 1. The Hall–Kier alpha value is -1.36. The summed E-state index contributed by atoms with van der Waals surface area (Å²) in [5.74, 6) is -1.11. The summed E-state index contributed by atoms with van der Waals surface area (Å²) in [6.07, 6.45) is -0.378. The number of sulfone groups is 1.